The van der Waals surface area contributed by atoms with Gasteiger partial charge in [-0.3, -0.25) is 10.1 Å². The quantitative estimate of drug-likeness (QED) is 0.647. The zero-order valence-corrected chi connectivity index (χ0v) is 8.64. The summed E-state index contributed by atoms with van der Waals surface area (Å²) in [7, 11) is 0. The molecule has 0 aromatic heterocycles. The van der Waals surface area contributed by atoms with Crippen LogP contribution in [0.4, 0.5) is 0 Å². The summed E-state index contributed by atoms with van der Waals surface area (Å²) in [5, 5.41) is 11.9. The minimum Gasteiger partial charge on any atom is -0.395 e. The summed E-state index contributed by atoms with van der Waals surface area (Å²) in [4.78, 5) is 13.4. The van der Waals surface area contributed by atoms with Crippen molar-refractivity contribution < 1.29 is 9.90 Å². The molecule has 0 saturated carbocycles. The lowest BCUT2D eigenvalue weighted by Crippen LogP contribution is -2.45. The molecule has 1 aliphatic rings. The van der Waals surface area contributed by atoms with Crippen molar-refractivity contribution in [2.45, 2.75) is 13.0 Å². The molecular weight excluding hydrogens is 188 g/mol. The molecule has 0 radical (unpaired) electrons. The van der Waals surface area contributed by atoms with Gasteiger partial charge in [0.25, 0.3) is 0 Å². The summed E-state index contributed by atoms with van der Waals surface area (Å²) in [5.74, 6) is 1.81. The second-order valence-electron chi connectivity index (χ2n) is 2.91. The van der Waals surface area contributed by atoms with Gasteiger partial charge in [0.05, 0.1) is 12.6 Å². The lowest BCUT2D eigenvalue weighted by Gasteiger charge is -2.22. The first kappa shape index (κ1) is 10.8. The smallest absolute Gasteiger partial charge is 0.240 e. The molecule has 1 fully saturated rings. The average Bonchev–Trinajstić information content (AvgIpc) is 2.65. The maximum Gasteiger partial charge on any atom is 0.240 e. The third-order valence-electron chi connectivity index (χ3n) is 2.08. The van der Waals surface area contributed by atoms with Crippen LogP contribution in [0.3, 0.4) is 0 Å². The van der Waals surface area contributed by atoms with Crippen molar-refractivity contribution in [1.29, 1.82) is 0 Å². The van der Waals surface area contributed by atoms with Crippen LogP contribution in [-0.2, 0) is 4.79 Å². The number of hydrogen-bond acceptors (Lipinski definition) is 4. The van der Waals surface area contributed by atoms with E-state index in [1.807, 2.05) is 6.92 Å². The molecule has 1 heterocycles. The second kappa shape index (κ2) is 5.47. The molecule has 76 valence electrons. The fourth-order valence-electron chi connectivity index (χ4n) is 1.32. The summed E-state index contributed by atoms with van der Waals surface area (Å²) >= 11 is 1.74. The monoisotopic (exact) mass is 204 g/mol. The molecule has 1 atom stereocenters. The first-order valence-electron chi connectivity index (χ1n) is 4.50. The Bertz CT molecular complexity index is 172. The van der Waals surface area contributed by atoms with Crippen LogP contribution in [0.15, 0.2) is 0 Å². The van der Waals surface area contributed by atoms with Gasteiger partial charge in [-0.15, -0.1) is 11.8 Å². The van der Waals surface area contributed by atoms with Gasteiger partial charge < -0.3 is 10.0 Å². The maximum atomic E-state index is 11.7. The van der Waals surface area contributed by atoms with Gasteiger partial charge in [-0.05, 0) is 6.92 Å². The molecule has 0 bridgehead atoms. The predicted molar refractivity (Wildman–Crippen MR) is 53.6 cm³/mol. The highest BCUT2D eigenvalue weighted by molar-refractivity contribution is 7.99. The molecular formula is C8H16N2O2S. The summed E-state index contributed by atoms with van der Waals surface area (Å²) < 4.78 is 0. The summed E-state index contributed by atoms with van der Waals surface area (Å²) in [6.45, 7) is 3.08. The first-order chi connectivity index (χ1) is 6.29. The van der Waals surface area contributed by atoms with E-state index in [1.165, 1.54) is 0 Å². The van der Waals surface area contributed by atoms with Gasteiger partial charge in [-0.25, -0.2) is 0 Å². The highest BCUT2D eigenvalue weighted by atomic mass is 32.2. The third kappa shape index (κ3) is 2.86. The van der Waals surface area contributed by atoms with Gasteiger partial charge in [0.2, 0.25) is 5.91 Å². The van der Waals surface area contributed by atoms with E-state index < -0.39 is 0 Å². The number of carbonyl (C=O) groups is 1. The first-order valence-corrected chi connectivity index (χ1v) is 5.65. The third-order valence-corrected chi connectivity index (χ3v) is 3.02. The summed E-state index contributed by atoms with van der Waals surface area (Å²) in [6, 6.07) is -0.0449. The van der Waals surface area contributed by atoms with E-state index in [1.54, 1.807) is 16.7 Å². The Morgan fingerprint density at radius 2 is 2.54 bits per heavy atom. The topological polar surface area (TPSA) is 52.6 Å². The van der Waals surface area contributed by atoms with Crippen LogP contribution in [0.1, 0.15) is 6.92 Å². The van der Waals surface area contributed by atoms with E-state index in [4.69, 9.17) is 5.11 Å². The van der Waals surface area contributed by atoms with Crippen LogP contribution in [0.2, 0.25) is 0 Å². The number of likely N-dealkylation sites (N-methyl/N-ethyl adjacent to an activating group) is 1. The maximum absolute atomic E-state index is 11.7. The van der Waals surface area contributed by atoms with Crippen molar-refractivity contribution in [2.75, 3.05) is 31.3 Å². The Hall–Kier alpha value is -0.260. The molecule has 4 nitrogen and oxygen atoms in total. The van der Waals surface area contributed by atoms with Gasteiger partial charge in [-0.1, -0.05) is 0 Å². The molecule has 5 heteroatoms. The van der Waals surface area contributed by atoms with Crippen molar-refractivity contribution in [1.82, 2.24) is 10.2 Å². The van der Waals surface area contributed by atoms with E-state index in [0.717, 1.165) is 11.6 Å². The molecule has 13 heavy (non-hydrogen) atoms. The van der Waals surface area contributed by atoms with E-state index in [0.29, 0.717) is 13.1 Å². The zero-order chi connectivity index (χ0) is 9.68. The molecule has 0 aliphatic carbocycles. The summed E-state index contributed by atoms with van der Waals surface area (Å²) in [5.41, 5.74) is 0. The number of amides is 1. The van der Waals surface area contributed by atoms with E-state index in [9.17, 15) is 4.79 Å². The molecule has 1 amide bonds. The normalized spacial score (nSPS) is 21.8. The molecule has 1 unspecified atom stereocenters. The molecule has 0 spiro atoms. The van der Waals surface area contributed by atoms with Gasteiger partial charge in [0.15, 0.2) is 0 Å². The Morgan fingerprint density at radius 3 is 3.00 bits per heavy atom. The number of rotatable bonds is 4. The van der Waals surface area contributed by atoms with Crippen molar-refractivity contribution in [2.24, 2.45) is 0 Å². The minimum atomic E-state index is -0.0449. The van der Waals surface area contributed by atoms with Crippen molar-refractivity contribution in [3.63, 3.8) is 0 Å². The average molecular weight is 204 g/mol. The van der Waals surface area contributed by atoms with Gasteiger partial charge in [0, 0.05) is 24.7 Å². The predicted octanol–water partition coefficient (Wildman–Crippen LogP) is -0.510. The fraction of sp³-hybridized carbons (Fsp3) is 0.875. The highest BCUT2D eigenvalue weighted by Crippen LogP contribution is 2.11. The molecule has 2 N–H and O–H groups in total. The number of nitrogens with one attached hydrogen (secondary N) is 1. The Kier molecular flexibility index (Phi) is 4.55. The van der Waals surface area contributed by atoms with Crippen LogP contribution < -0.4 is 5.32 Å². The highest BCUT2D eigenvalue weighted by Gasteiger charge is 2.25. The Labute approximate surface area is 82.7 Å². The number of carbonyl (C=O) groups excluding carboxylic acids is 1. The van der Waals surface area contributed by atoms with Crippen molar-refractivity contribution >= 4 is 17.7 Å². The van der Waals surface area contributed by atoms with Crippen LogP contribution in [0.5, 0.6) is 0 Å². The number of hydrogen-bond donors (Lipinski definition) is 2. The Morgan fingerprint density at radius 1 is 1.77 bits per heavy atom. The van der Waals surface area contributed by atoms with Crippen LogP contribution in [0, 0.1) is 0 Å². The van der Waals surface area contributed by atoms with Crippen LogP contribution >= 0.6 is 11.8 Å². The standard InChI is InChI=1S/C8H16N2O2S/c1-2-10(3-4-11)8(12)7-5-13-6-9-7/h7,9,11H,2-6H2,1H3. The van der Waals surface area contributed by atoms with Gasteiger partial charge >= 0.3 is 0 Å². The largest absolute Gasteiger partial charge is 0.395 e. The molecule has 1 aliphatic heterocycles. The second-order valence-corrected chi connectivity index (χ2v) is 3.94. The number of nitrogens with zero attached hydrogens (tertiary/aromatic N) is 1. The number of aliphatic hydroxyl groups excluding tert-OH is 1. The van der Waals surface area contributed by atoms with Gasteiger partial charge in [0.1, 0.15) is 0 Å². The van der Waals surface area contributed by atoms with Crippen molar-refractivity contribution in [3.8, 4) is 0 Å². The number of aliphatic hydroxyl groups is 1. The van der Waals surface area contributed by atoms with E-state index >= 15 is 0 Å². The van der Waals surface area contributed by atoms with Crippen LogP contribution in [0.25, 0.3) is 0 Å². The fourth-order valence-corrected chi connectivity index (χ4v) is 2.25. The van der Waals surface area contributed by atoms with Crippen molar-refractivity contribution in [3.05, 3.63) is 0 Å². The van der Waals surface area contributed by atoms with Crippen LogP contribution in [-0.4, -0.2) is 53.3 Å². The zero-order valence-electron chi connectivity index (χ0n) is 7.82. The molecule has 1 saturated heterocycles. The van der Waals surface area contributed by atoms with E-state index in [2.05, 4.69) is 5.32 Å². The summed E-state index contributed by atoms with van der Waals surface area (Å²) in [6.07, 6.45) is 0. The number of thioether (sulfide) groups is 1. The Balaban J connectivity index is 2.42. The lowest BCUT2D eigenvalue weighted by molar-refractivity contribution is -0.132. The van der Waals surface area contributed by atoms with E-state index in [-0.39, 0.29) is 18.6 Å². The molecule has 0 aromatic carbocycles. The SMILES string of the molecule is CCN(CCO)C(=O)C1CSCN1. The van der Waals surface area contributed by atoms with Gasteiger partial charge in [-0.2, -0.15) is 0 Å². The lowest BCUT2D eigenvalue weighted by atomic mass is 10.3. The minimum absolute atomic E-state index is 0.0411. The molecule has 0 aromatic rings. The molecule has 1 rings (SSSR count).